The van der Waals surface area contributed by atoms with Gasteiger partial charge >= 0.3 is 0 Å². The molecule has 3 aliphatic heterocycles. The number of hydrogen-bond donors (Lipinski definition) is 2. The normalized spacial score (nSPS) is 24.6. The standard InChI is InChI=1S/C23H25N5O2S/c1-12-25-26-22-28(12)27-21(31-22)13-8-9-16-14(10-13)23(2,3)15-11-30-18-7-5-6-17(29-4)19(18)20(15)24-16/h5-10,15,20-21,24,27H,11H2,1-4H3/t15-,20-,21?/m0/s1. The molecule has 0 bridgehead atoms. The Labute approximate surface area is 185 Å². The lowest BCUT2D eigenvalue weighted by Crippen LogP contribution is -2.46. The maximum Gasteiger partial charge on any atom is 0.212 e. The van der Waals surface area contributed by atoms with Gasteiger partial charge in [0.05, 0.1) is 25.3 Å². The molecule has 0 fully saturated rings. The fourth-order valence-electron chi connectivity index (χ4n) is 5.12. The van der Waals surface area contributed by atoms with Crippen LogP contribution in [0.1, 0.15) is 47.8 Å². The van der Waals surface area contributed by atoms with Gasteiger partial charge in [-0.05, 0) is 36.2 Å². The van der Waals surface area contributed by atoms with Gasteiger partial charge in [-0.2, -0.15) is 0 Å². The van der Waals surface area contributed by atoms with Crippen molar-refractivity contribution in [2.45, 2.75) is 42.8 Å². The first-order chi connectivity index (χ1) is 15.0. The van der Waals surface area contributed by atoms with Crippen LogP contribution in [0.2, 0.25) is 0 Å². The van der Waals surface area contributed by atoms with Crippen LogP contribution in [0.5, 0.6) is 11.5 Å². The highest BCUT2D eigenvalue weighted by atomic mass is 32.2. The van der Waals surface area contributed by atoms with Crippen LogP contribution in [-0.2, 0) is 5.41 Å². The van der Waals surface area contributed by atoms with Crippen LogP contribution in [0.3, 0.4) is 0 Å². The summed E-state index contributed by atoms with van der Waals surface area (Å²) in [5.41, 5.74) is 8.27. The van der Waals surface area contributed by atoms with Crippen molar-refractivity contribution in [3.8, 4) is 11.5 Å². The summed E-state index contributed by atoms with van der Waals surface area (Å²) in [6, 6.07) is 12.9. The molecule has 4 heterocycles. The van der Waals surface area contributed by atoms with Crippen molar-refractivity contribution in [3.63, 3.8) is 0 Å². The molecule has 0 saturated carbocycles. The van der Waals surface area contributed by atoms with Crippen molar-refractivity contribution in [2.75, 3.05) is 24.5 Å². The van der Waals surface area contributed by atoms with Gasteiger partial charge in [0, 0.05) is 17.0 Å². The minimum atomic E-state index is -0.0753. The molecule has 0 amide bonds. The lowest BCUT2D eigenvalue weighted by Gasteiger charge is -2.49. The van der Waals surface area contributed by atoms with Crippen LogP contribution in [0.4, 0.5) is 5.69 Å². The van der Waals surface area contributed by atoms with E-state index in [2.05, 4.69) is 53.0 Å². The van der Waals surface area contributed by atoms with Crippen LogP contribution >= 0.6 is 11.8 Å². The molecule has 0 spiro atoms. The summed E-state index contributed by atoms with van der Waals surface area (Å²) >= 11 is 1.70. The number of nitrogens with one attached hydrogen (secondary N) is 2. The third kappa shape index (κ3) is 2.67. The number of aryl methyl sites for hydroxylation is 1. The Morgan fingerprint density at radius 3 is 2.90 bits per heavy atom. The van der Waals surface area contributed by atoms with Crippen LogP contribution in [-0.4, -0.2) is 28.6 Å². The summed E-state index contributed by atoms with van der Waals surface area (Å²) < 4.78 is 13.9. The number of anilines is 1. The van der Waals surface area contributed by atoms with E-state index in [1.165, 1.54) is 16.8 Å². The van der Waals surface area contributed by atoms with Gasteiger partial charge in [0.15, 0.2) is 0 Å². The summed E-state index contributed by atoms with van der Waals surface area (Å²) in [4.78, 5) is 0. The molecule has 3 atom stereocenters. The van der Waals surface area contributed by atoms with Gasteiger partial charge in [-0.1, -0.05) is 43.8 Å². The van der Waals surface area contributed by atoms with E-state index in [0.29, 0.717) is 6.61 Å². The summed E-state index contributed by atoms with van der Waals surface area (Å²) in [6.45, 7) is 7.28. The highest BCUT2D eigenvalue weighted by molar-refractivity contribution is 7.99. The second-order valence-electron chi connectivity index (χ2n) is 8.93. The molecular formula is C23H25N5O2S. The molecule has 2 aromatic carbocycles. The SMILES string of the molecule is COc1cccc2c1[C@H]1Nc3ccc(C4Nn5c(C)nnc5S4)cc3C(C)(C)[C@H]1CO2. The fourth-order valence-corrected chi connectivity index (χ4v) is 6.15. The molecule has 3 aliphatic rings. The molecule has 31 heavy (non-hydrogen) atoms. The number of nitrogens with zero attached hydrogens (tertiary/aromatic N) is 3. The molecule has 3 aromatic rings. The van der Waals surface area contributed by atoms with Crippen molar-refractivity contribution in [3.05, 3.63) is 58.9 Å². The zero-order valence-corrected chi connectivity index (χ0v) is 18.8. The molecule has 2 N–H and O–H groups in total. The summed E-state index contributed by atoms with van der Waals surface area (Å²) in [6.07, 6.45) is 0. The zero-order chi connectivity index (χ0) is 21.3. The van der Waals surface area contributed by atoms with Crippen molar-refractivity contribution in [1.29, 1.82) is 0 Å². The lowest BCUT2D eigenvalue weighted by molar-refractivity contribution is 0.133. The van der Waals surface area contributed by atoms with E-state index in [-0.39, 0.29) is 22.7 Å². The number of hydrogen-bond acceptors (Lipinski definition) is 7. The monoisotopic (exact) mass is 435 g/mol. The van der Waals surface area contributed by atoms with Crippen molar-refractivity contribution in [2.24, 2.45) is 5.92 Å². The summed E-state index contributed by atoms with van der Waals surface area (Å²) in [5.74, 6) is 2.94. The smallest absolute Gasteiger partial charge is 0.212 e. The maximum absolute atomic E-state index is 6.21. The number of aromatic nitrogens is 3. The second-order valence-corrected chi connectivity index (χ2v) is 10.0. The van der Waals surface area contributed by atoms with Gasteiger partial charge in [-0.15, -0.1) is 10.2 Å². The molecule has 1 aromatic heterocycles. The maximum atomic E-state index is 6.21. The lowest BCUT2D eigenvalue weighted by atomic mass is 9.65. The third-order valence-electron chi connectivity index (χ3n) is 6.92. The van der Waals surface area contributed by atoms with Gasteiger partial charge in [-0.3, -0.25) is 0 Å². The van der Waals surface area contributed by atoms with Crippen LogP contribution in [0, 0.1) is 12.8 Å². The highest BCUT2D eigenvalue weighted by Crippen LogP contribution is 2.54. The zero-order valence-electron chi connectivity index (χ0n) is 18.0. The van der Waals surface area contributed by atoms with E-state index in [0.717, 1.165) is 28.0 Å². The van der Waals surface area contributed by atoms with Gasteiger partial charge in [0.25, 0.3) is 0 Å². The number of ether oxygens (including phenoxy) is 2. The van der Waals surface area contributed by atoms with Crippen molar-refractivity contribution in [1.82, 2.24) is 14.9 Å². The number of thioether (sulfide) groups is 1. The first-order valence-corrected chi connectivity index (χ1v) is 11.4. The van der Waals surface area contributed by atoms with E-state index in [9.17, 15) is 0 Å². The van der Waals surface area contributed by atoms with E-state index in [1.54, 1.807) is 18.9 Å². The Bertz CT molecular complexity index is 1180. The van der Waals surface area contributed by atoms with Crippen molar-refractivity contribution < 1.29 is 9.47 Å². The number of fused-ring (bicyclic) bond motifs is 5. The Kier molecular flexibility index (Phi) is 3.99. The minimum absolute atomic E-state index is 0.0753. The Morgan fingerprint density at radius 2 is 2.10 bits per heavy atom. The Morgan fingerprint density at radius 1 is 1.23 bits per heavy atom. The topological polar surface area (TPSA) is 73.2 Å². The molecule has 7 nitrogen and oxygen atoms in total. The van der Waals surface area contributed by atoms with Gasteiger partial charge < -0.3 is 20.2 Å². The van der Waals surface area contributed by atoms with Gasteiger partial charge in [0.2, 0.25) is 5.16 Å². The highest BCUT2D eigenvalue weighted by Gasteiger charge is 2.47. The van der Waals surface area contributed by atoms with Crippen LogP contribution in [0.25, 0.3) is 0 Å². The Hall–Kier alpha value is -2.87. The molecule has 0 saturated heterocycles. The third-order valence-corrected chi connectivity index (χ3v) is 8.01. The van der Waals surface area contributed by atoms with Crippen molar-refractivity contribution >= 4 is 17.4 Å². The van der Waals surface area contributed by atoms with Crippen LogP contribution in [0.15, 0.2) is 41.6 Å². The molecular weight excluding hydrogens is 410 g/mol. The summed E-state index contributed by atoms with van der Waals surface area (Å²) in [7, 11) is 1.72. The molecule has 0 radical (unpaired) electrons. The minimum Gasteiger partial charge on any atom is -0.496 e. The van der Waals surface area contributed by atoms with E-state index in [1.807, 2.05) is 29.8 Å². The van der Waals surface area contributed by atoms with Gasteiger partial charge in [0.1, 0.15) is 22.7 Å². The second kappa shape index (κ2) is 6.56. The first-order valence-electron chi connectivity index (χ1n) is 10.5. The van der Waals surface area contributed by atoms with E-state index in [4.69, 9.17) is 9.47 Å². The first kappa shape index (κ1) is 18.9. The largest absolute Gasteiger partial charge is 0.496 e. The van der Waals surface area contributed by atoms with E-state index >= 15 is 0 Å². The number of rotatable bonds is 2. The quantitative estimate of drug-likeness (QED) is 0.618. The molecule has 6 rings (SSSR count). The fraction of sp³-hybridized carbons (Fsp3) is 0.391. The molecule has 160 valence electrons. The number of methoxy groups -OCH3 is 1. The molecule has 8 heteroatoms. The van der Waals surface area contributed by atoms with Crippen LogP contribution < -0.4 is 20.2 Å². The predicted octanol–water partition coefficient (Wildman–Crippen LogP) is 4.40. The number of benzene rings is 2. The Balaban J connectivity index is 1.39. The average molecular weight is 436 g/mol. The van der Waals surface area contributed by atoms with E-state index < -0.39 is 0 Å². The van der Waals surface area contributed by atoms with Gasteiger partial charge in [-0.25, -0.2) is 4.68 Å². The molecule has 1 unspecified atom stereocenters. The summed E-state index contributed by atoms with van der Waals surface area (Å²) in [5, 5.41) is 13.2. The predicted molar refractivity (Wildman–Crippen MR) is 121 cm³/mol. The molecule has 0 aliphatic carbocycles. The average Bonchev–Trinajstić information content (AvgIpc) is 3.35.